The van der Waals surface area contributed by atoms with Crippen molar-refractivity contribution in [2.45, 2.75) is 67.5 Å². The molecule has 2 nitrogen and oxygen atoms in total. The molecule has 5 radical (unpaired) electrons. The van der Waals surface area contributed by atoms with Crippen molar-refractivity contribution < 1.29 is 30.9 Å². The van der Waals surface area contributed by atoms with Crippen LogP contribution < -0.4 is 0 Å². The summed E-state index contributed by atoms with van der Waals surface area (Å²) in [6, 6.07) is 0. The van der Waals surface area contributed by atoms with Crippen molar-refractivity contribution in [3.8, 4) is 0 Å². The van der Waals surface area contributed by atoms with E-state index in [1.54, 1.807) is 7.11 Å². The van der Waals surface area contributed by atoms with Gasteiger partial charge in [-0.05, 0) is 29.2 Å². The largest absolute Gasteiger partial charge is 4.00 e. The average Bonchev–Trinajstić information content (AvgIpc) is 2.65. The van der Waals surface area contributed by atoms with Crippen LogP contribution in [0.15, 0.2) is 0 Å². The van der Waals surface area contributed by atoms with Gasteiger partial charge in [0.2, 0.25) is 0 Å². The Kier molecular flexibility index (Phi) is 20.1. The first-order valence-corrected chi connectivity index (χ1v) is 11.6. The Hall–Kier alpha value is 1.02. The van der Waals surface area contributed by atoms with Crippen LogP contribution >= 0.6 is 0 Å². The Morgan fingerprint density at radius 1 is 0.875 bits per heavy atom. The van der Waals surface area contributed by atoms with E-state index in [2.05, 4.69) is 54.6 Å². The van der Waals surface area contributed by atoms with Gasteiger partial charge in [-0.25, -0.2) is 0 Å². The van der Waals surface area contributed by atoms with Crippen molar-refractivity contribution >= 4 is 8.24 Å². The molecule has 0 saturated heterocycles. The second-order valence-corrected chi connectivity index (χ2v) is 10.2. The molecule has 1 rings (SSSR count). The van der Waals surface area contributed by atoms with Gasteiger partial charge in [-0.15, -0.1) is 6.54 Å². The summed E-state index contributed by atoms with van der Waals surface area (Å²) in [7, 11) is 0.0622. The summed E-state index contributed by atoms with van der Waals surface area (Å²) in [5.74, 6) is 5.80. The Morgan fingerprint density at radius 3 is 1.50 bits per heavy atom. The Labute approximate surface area is 174 Å². The molecule has 0 amide bonds. The SMILES string of the molecule is COCC[N-][Si](C)(C)[C]1[C](C)[C](C)[C](C)[C]1C.[CH2-]CC.[CH2-]CC.[Zr+4]. The Balaban J connectivity index is -0.000000550. The van der Waals surface area contributed by atoms with Crippen molar-refractivity contribution in [2.75, 3.05) is 20.3 Å². The van der Waals surface area contributed by atoms with Gasteiger partial charge in [0.05, 0.1) is 0 Å². The topological polar surface area (TPSA) is 23.3 Å². The van der Waals surface area contributed by atoms with E-state index in [0.717, 1.165) is 26.0 Å². The summed E-state index contributed by atoms with van der Waals surface area (Å²) in [6.45, 7) is 26.1. The number of nitrogens with zero attached hydrogens (tertiary/aromatic N) is 1. The van der Waals surface area contributed by atoms with Gasteiger partial charge in [-0.3, -0.25) is 0 Å². The number of methoxy groups -OCH3 is 1. The normalized spacial score (nSPS) is 17.6. The third kappa shape index (κ3) is 10.2. The molecule has 1 fully saturated rings. The van der Waals surface area contributed by atoms with Crippen LogP contribution in [0, 0.1) is 43.1 Å². The molecule has 0 bridgehead atoms. The number of hydrogen-bond donors (Lipinski definition) is 0. The molecule has 0 spiro atoms. The van der Waals surface area contributed by atoms with E-state index < -0.39 is 8.24 Å². The van der Waals surface area contributed by atoms with Crippen LogP contribution in [0.3, 0.4) is 0 Å². The molecule has 0 aliphatic heterocycles. The zero-order valence-electron chi connectivity index (χ0n) is 17.6. The monoisotopic (exact) mass is 427 g/mol. The van der Waals surface area contributed by atoms with Gasteiger partial charge in [0.15, 0.2) is 0 Å². The first-order chi connectivity index (χ1) is 10.7. The standard InChI is InChI=1S/C14H25NOSi.2C3H7.Zr/c1-10-11(2)13(4)14(12(10)3)17(6,7)15-8-9-16-5;2*1-3-2;/h8-9H2,1-7H3;2*1,3H2,2H3;/q3*-1;+4. The molecule has 0 unspecified atom stereocenters. The third-order valence-corrected chi connectivity index (χ3v) is 6.84. The van der Waals surface area contributed by atoms with Crippen LogP contribution in [0.2, 0.25) is 13.1 Å². The van der Waals surface area contributed by atoms with Gasteiger partial charge in [-0.1, -0.05) is 62.9 Å². The minimum absolute atomic E-state index is 0. The van der Waals surface area contributed by atoms with Crippen LogP contribution in [0.1, 0.15) is 54.4 Å². The molecule has 1 saturated carbocycles. The van der Waals surface area contributed by atoms with E-state index in [0.29, 0.717) is 0 Å². The summed E-state index contributed by atoms with van der Waals surface area (Å²) in [5, 5.41) is 0. The molecule has 4 heteroatoms. The molecular formula is C20H39NOSiZr+. The first kappa shape index (κ1) is 29.8. The maximum atomic E-state index is 5.09. The average molecular weight is 429 g/mol. The van der Waals surface area contributed by atoms with E-state index in [9.17, 15) is 0 Å². The molecular weight excluding hydrogens is 390 g/mol. The van der Waals surface area contributed by atoms with Gasteiger partial charge >= 0.3 is 26.2 Å². The van der Waals surface area contributed by atoms with Crippen LogP contribution in [0.4, 0.5) is 0 Å². The summed E-state index contributed by atoms with van der Waals surface area (Å²) in [6.07, 6.45) is 2.00. The van der Waals surface area contributed by atoms with Gasteiger partial charge in [0.1, 0.15) is 0 Å². The predicted molar refractivity (Wildman–Crippen MR) is 108 cm³/mol. The maximum Gasteiger partial charge on any atom is 4.00 e. The molecule has 137 valence electrons. The molecule has 24 heavy (non-hydrogen) atoms. The molecule has 0 aromatic heterocycles. The molecule has 0 aromatic carbocycles. The fourth-order valence-corrected chi connectivity index (χ4v) is 5.65. The second kappa shape index (κ2) is 16.2. The summed E-state index contributed by atoms with van der Waals surface area (Å²) >= 11 is 0. The van der Waals surface area contributed by atoms with Crippen molar-refractivity contribution in [2.24, 2.45) is 0 Å². The number of rotatable bonds is 5. The molecule has 0 aromatic rings. The fraction of sp³-hybridized carbons (Fsp3) is 0.650. The van der Waals surface area contributed by atoms with Gasteiger partial charge in [0, 0.05) is 13.7 Å². The number of hydrogen-bond acceptors (Lipinski definition) is 1. The predicted octanol–water partition coefficient (Wildman–Crippen LogP) is 6.17. The third-order valence-electron chi connectivity index (χ3n) is 3.85. The molecule has 0 atom stereocenters. The van der Waals surface area contributed by atoms with Crippen LogP contribution in [0.25, 0.3) is 4.98 Å². The van der Waals surface area contributed by atoms with E-state index in [1.807, 2.05) is 13.8 Å². The van der Waals surface area contributed by atoms with Crippen molar-refractivity contribution in [3.63, 3.8) is 0 Å². The van der Waals surface area contributed by atoms with Gasteiger partial charge < -0.3 is 23.6 Å². The molecule has 1 aliphatic carbocycles. The smallest absolute Gasteiger partial charge is 0.662 e. The number of ether oxygens (including phenoxy) is 1. The second-order valence-electron chi connectivity index (χ2n) is 6.31. The Bertz CT molecular complexity index is 260. The molecule has 1 aliphatic rings. The zero-order chi connectivity index (χ0) is 18.6. The van der Waals surface area contributed by atoms with Crippen LogP contribution in [0.5, 0.6) is 0 Å². The van der Waals surface area contributed by atoms with Crippen molar-refractivity contribution in [3.05, 3.63) is 48.0 Å². The van der Waals surface area contributed by atoms with Crippen molar-refractivity contribution in [1.82, 2.24) is 0 Å². The zero-order valence-corrected chi connectivity index (χ0v) is 21.1. The maximum absolute atomic E-state index is 5.09. The fourth-order valence-electron chi connectivity index (χ4n) is 2.63. The van der Waals surface area contributed by atoms with E-state index in [4.69, 9.17) is 9.72 Å². The van der Waals surface area contributed by atoms with E-state index >= 15 is 0 Å². The first-order valence-electron chi connectivity index (χ1n) is 8.65. The van der Waals surface area contributed by atoms with Gasteiger partial charge in [0.25, 0.3) is 0 Å². The van der Waals surface area contributed by atoms with E-state index in [1.165, 1.54) is 29.2 Å². The minimum Gasteiger partial charge on any atom is -0.662 e. The minimum atomic E-state index is -1.67. The molecule has 0 heterocycles. The van der Waals surface area contributed by atoms with E-state index in [-0.39, 0.29) is 26.2 Å². The van der Waals surface area contributed by atoms with Crippen molar-refractivity contribution in [1.29, 1.82) is 0 Å². The summed E-state index contributed by atoms with van der Waals surface area (Å²) in [4.78, 5) is 4.91. The quantitative estimate of drug-likeness (QED) is 0.291. The van der Waals surface area contributed by atoms with Crippen LogP contribution in [-0.2, 0) is 30.9 Å². The summed E-state index contributed by atoms with van der Waals surface area (Å²) < 4.78 is 5.09. The molecule has 0 N–H and O–H groups in total. The van der Waals surface area contributed by atoms with Crippen LogP contribution in [-0.4, -0.2) is 28.5 Å². The summed E-state index contributed by atoms with van der Waals surface area (Å²) in [5.41, 5.74) is 1.53. The Morgan fingerprint density at radius 2 is 1.21 bits per heavy atom. The van der Waals surface area contributed by atoms with Gasteiger partial charge in [-0.2, -0.15) is 12.8 Å².